The molecule has 1 N–H and O–H groups in total. The maximum Gasteiger partial charge on any atom is 0.267 e. The van der Waals surface area contributed by atoms with Crippen molar-refractivity contribution in [2.24, 2.45) is 0 Å². The molecule has 0 unspecified atom stereocenters. The van der Waals surface area contributed by atoms with Crippen molar-refractivity contribution >= 4 is 45.5 Å². The van der Waals surface area contributed by atoms with Crippen molar-refractivity contribution in [2.75, 3.05) is 5.32 Å². The molecular weight excluding hydrogens is 341 g/mol. The molecule has 2 aromatic heterocycles. The lowest BCUT2D eigenvalue weighted by Crippen LogP contribution is -2.09. The van der Waals surface area contributed by atoms with Gasteiger partial charge >= 0.3 is 0 Å². The van der Waals surface area contributed by atoms with Gasteiger partial charge in [0.25, 0.3) is 5.91 Å². The third-order valence-electron chi connectivity index (χ3n) is 2.62. The Hall–Kier alpha value is -1.77. The van der Waals surface area contributed by atoms with Crippen LogP contribution in [0, 0.1) is 5.82 Å². The van der Waals surface area contributed by atoms with E-state index in [-0.39, 0.29) is 11.7 Å². The lowest BCUT2D eigenvalue weighted by Gasteiger charge is -1.98. The Morgan fingerprint density at radius 1 is 1.27 bits per heavy atom. The third kappa shape index (κ3) is 3.90. The molecule has 8 heteroatoms. The Labute approximate surface area is 138 Å². The Morgan fingerprint density at radius 2 is 2.18 bits per heavy atom. The van der Waals surface area contributed by atoms with Crippen LogP contribution in [-0.4, -0.2) is 16.1 Å². The highest BCUT2D eigenvalue weighted by Crippen LogP contribution is 2.28. The minimum Gasteiger partial charge on any atom is -0.296 e. The number of hydrogen-bond acceptors (Lipinski definition) is 6. The zero-order chi connectivity index (χ0) is 15.4. The van der Waals surface area contributed by atoms with Gasteiger partial charge in [-0.2, -0.15) is 0 Å². The van der Waals surface area contributed by atoms with Gasteiger partial charge in [-0.15, -0.1) is 21.5 Å². The van der Waals surface area contributed by atoms with Crippen LogP contribution >= 0.6 is 34.4 Å². The normalized spacial score (nSPS) is 10.6. The first-order chi connectivity index (χ1) is 10.7. The maximum absolute atomic E-state index is 13.1. The average molecular weight is 351 g/mol. The topological polar surface area (TPSA) is 54.9 Å². The number of thioether (sulfide) groups is 1. The summed E-state index contributed by atoms with van der Waals surface area (Å²) >= 11 is 4.13. The quantitative estimate of drug-likeness (QED) is 0.550. The highest BCUT2D eigenvalue weighted by molar-refractivity contribution is 8.00. The lowest BCUT2D eigenvalue weighted by molar-refractivity contribution is 0.103. The number of thiophene rings is 1. The Morgan fingerprint density at radius 3 is 2.95 bits per heavy atom. The van der Waals surface area contributed by atoms with Gasteiger partial charge in [-0.25, -0.2) is 4.39 Å². The first-order valence-electron chi connectivity index (χ1n) is 6.26. The Bertz CT molecular complexity index is 773. The van der Waals surface area contributed by atoms with Crippen molar-refractivity contribution in [1.82, 2.24) is 10.2 Å². The molecule has 1 amide bonds. The van der Waals surface area contributed by atoms with Crippen LogP contribution in [0.5, 0.6) is 0 Å². The number of nitrogens with one attached hydrogen (secondary N) is 1. The van der Waals surface area contributed by atoms with Crippen molar-refractivity contribution in [1.29, 1.82) is 0 Å². The van der Waals surface area contributed by atoms with Crippen molar-refractivity contribution in [3.63, 3.8) is 0 Å². The van der Waals surface area contributed by atoms with E-state index in [1.165, 1.54) is 46.6 Å². The summed E-state index contributed by atoms with van der Waals surface area (Å²) in [4.78, 5) is 12.5. The van der Waals surface area contributed by atoms with Gasteiger partial charge < -0.3 is 0 Å². The van der Waals surface area contributed by atoms with Gasteiger partial charge in [0.15, 0.2) is 4.34 Å². The molecule has 3 aromatic rings. The molecule has 0 saturated heterocycles. The number of carbonyl (C=O) groups is 1. The van der Waals surface area contributed by atoms with Gasteiger partial charge in [-0.05, 0) is 29.1 Å². The van der Waals surface area contributed by atoms with E-state index in [1.54, 1.807) is 12.1 Å². The third-order valence-corrected chi connectivity index (χ3v) is 5.54. The summed E-state index contributed by atoms with van der Waals surface area (Å²) in [6.07, 6.45) is 0. The number of anilines is 1. The average Bonchev–Trinajstić information content (AvgIpc) is 3.17. The maximum atomic E-state index is 13.1. The fraction of sp³-hybridized carbons (Fsp3) is 0.0714. The molecule has 0 radical (unpaired) electrons. The minimum absolute atomic E-state index is 0.187. The molecule has 0 aliphatic heterocycles. The van der Waals surface area contributed by atoms with E-state index in [9.17, 15) is 9.18 Å². The summed E-state index contributed by atoms with van der Waals surface area (Å²) in [5, 5.41) is 13.0. The van der Waals surface area contributed by atoms with Crippen LogP contribution in [0.15, 0.2) is 46.1 Å². The standard InChI is InChI=1S/C14H10FN3OS3/c15-10-4-1-3-9(7-10)8-21-14-18-17-13(22-14)16-12(19)11-5-2-6-20-11/h1-7H,8H2,(H,16,17,19). The monoisotopic (exact) mass is 351 g/mol. The second kappa shape index (κ2) is 6.99. The minimum atomic E-state index is -0.251. The van der Waals surface area contributed by atoms with E-state index < -0.39 is 0 Å². The summed E-state index contributed by atoms with van der Waals surface area (Å²) in [6, 6.07) is 10.0. The summed E-state index contributed by atoms with van der Waals surface area (Å²) in [5.74, 6) is 0.165. The Balaban J connectivity index is 1.58. The molecule has 0 saturated carbocycles. The van der Waals surface area contributed by atoms with E-state index in [2.05, 4.69) is 15.5 Å². The van der Waals surface area contributed by atoms with Gasteiger partial charge in [-0.1, -0.05) is 41.3 Å². The van der Waals surface area contributed by atoms with Gasteiger partial charge in [0.05, 0.1) is 4.88 Å². The number of aromatic nitrogens is 2. The molecule has 3 rings (SSSR count). The number of nitrogens with zero attached hydrogens (tertiary/aromatic N) is 2. The largest absolute Gasteiger partial charge is 0.296 e. The molecule has 0 fully saturated rings. The number of rotatable bonds is 5. The fourth-order valence-electron chi connectivity index (χ4n) is 1.66. The van der Waals surface area contributed by atoms with Gasteiger partial charge in [0, 0.05) is 5.75 Å². The van der Waals surface area contributed by atoms with Crippen molar-refractivity contribution in [3.05, 3.63) is 58.0 Å². The van der Waals surface area contributed by atoms with Crippen LogP contribution in [-0.2, 0) is 5.75 Å². The second-order valence-corrected chi connectivity index (χ2v) is 7.37. The number of hydrogen-bond donors (Lipinski definition) is 1. The number of benzene rings is 1. The molecule has 112 valence electrons. The van der Waals surface area contributed by atoms with Crippen LogP contribution in [0.2, 0.25) is 0 Å². The highest BCUT2D eigenvalue weighted by Gasteiger charge is 2.11. The smallest absolute Gasteiger partial charge is 0.267 e. The SMILES string of the molecule is O=C(Nc1nnc(SCc2cccc(F)c2)s1)c1cccs1. The van der Waals surface area contributed by atoms with Gasteiger partial charge in [0.2, 0.25) is 5.13 Å². The van der Waals surface area contributed by atoms with Crippen LogP contribution in [0.25, 0.3) is 0 Å². The van der Waals surface area contributed by atoms with E-state index >= 15 is 0 Å². The molecule has 2 heterocycles. The van der Waals surface area contributed by atoms with Gasteiger partial charge in [-0.3, -0.25) is 10.1 Å². The van der Waals surface area contributed by atoms with Crippen molar-refractivity contribution in [3.8, 4) is 0 Å². The zero-order valence-corrected chi connectivity index (χ0v) is 13.6. The van der Waals surface area contributed by atoms with Crippen LogP contribution in [0.4, 0.5) is 9.52 Å². The van der Waals surface area contributed by atoms with E-state index in [4.69, 9.17) is 0 Å². The van der Waals surface area contributed by atoms with E-state index in [0.29, 0.717) is 15.8 Å². The van der Waals surface area contributed by atoms with E-state index in [0.717, 1.165) is 9.90 Å². The summed E-state index contributed by atoms with van der Waals surface area (Å²) in [5.41, 5.74) is 0.879. The van der Waals surface area contributed by atoms with Gasteiger partial charge in [0.1, 0.15) is 5.82 Å². The van der Waals surface area contributed by atoms with Crippen molar-refractivity contribution < 1.29 is 9.18 Å². The van der Waals surface area contributed by atoms with E-state index in [1.807, 2.05) is 17.5 Å². The second-order valence-electron chi connectivity index (χ2n) is 4.22. The molecule has 0 bridgehead atoms. The van der Waals surface area contributed by atoms with Crippen LogP contribution in [0.1, 0.15) is 15.2 Å². The predicted octanol–water partition coefficient (Wildman–Crippen LogP) is 4.28. The summed E-state index contributed by atoms with van der Waals surface area (Å²) in [7, 11) is 0. The number of halogens is 1. The molecule has 22 heavy (non-hydrogen) atoms. The molecule has 1 aromatic carbocycles. The zero-order valence-electron chi connectivity index (χ0n) is 11.2. The molecule has 0 atom stereocenters. The number of carbonyl (C=O) groups excluding carboxylic acids is 1. The van der Waals surface area contributed by atoms with Crippen LogP contribution < -0.4 is 5.32 Å². The highest BCUT2D eigenvalue weighted by atomic mass is 32.2. The predicted molar refractivity (Wildman–Crippen MR) is 88.1 cm³/mol. The fourth-order valence-corrected chi connectivity index (χ4v) is 3.97. The molecule has 0 spiro atoms. The Kier molecular flexibility index (Phi) is 4.81. The number of amides is 1. The first kappa shape index (κ1) is 15.1. The van der Waals surface area contributed by atoms with Crippen LogP contribution in [0.3, 0.4) is 0 Å². The summed E-state index contributed by atoms with van der Waals surface area (Å²) in [6.45, 7) is 0. The molecule has 0 aliphatic rings. The van der Waals surface area contributed by atoms with Crippen molar-refractivity contribution in [2.45, 2.75) is 10.1 Å². The first-order valence-corrected chi connectivity index (χ1v) is 8.94. The molecule has 0 aliphatic carbocycles. The molecular formula is C14H10FN3OS3. The summed E-state index contributed by atoms with van der Waals surface area (Å²) < 4.78 is 13.8. The lowest BCUT2D eigenvalue weighted by atomic mass is 10.2. The molecule has 4 nitrogen and oxygen atoms in total.